The first-order valence-electron chi connectivity index (χ1n) is 8.50. The van der Waals surface area contributed by atoms with Crippen molar-refractivity contribution in [2.24, 2.45) is 0 Å². The first-order valence-corrected chi connectivity index (χ1v) is 8.50. The molecule has 0 N–H and O–H groups in total. The SMILES string of the molecule is Cc1ccc2ccc(-c3cccc4c3-c3ccccc3C4)cc2c1. The van der Waals surface area contributed by atoms with Gasteiger partial charge in [-0.15, -0.1) is 0 Å². The Balaban J connectivity index is 1.76. The Bertz CT molecular complexity index is 1090. The van der Waals surface area contributed by atoms with E-state index in [1.807, 2.05) is 0 Å². The first kappa shape index (κ1) is 13.6. The molecule has 4 aromatic rings. The fraction of sp³-hybridized carbons (Fsp3) is 0.0833. The number of rotatable bonds is 1. The van der Waals surface area contributed by atoms with Crippen molar-refractivity contribution in [2.75, 3.05) is 0 Å². The molecule has 0 nitrogen and oxygen atoms in total. The van der Waals surface area contributed by atoms with Crippen LogP contribution in [-0.4, -0.2) is 0 Å². The molecule has 0 aromatic heterocycles. The molecule has 0 aliphatic heterocycles. The van der Waals surface area contributed by atoms with Gasteiger partial charge in [0.1, 0.15) is 0 Å². The molecule has 24 heavy (non-hydrogen) atoms. The summed E-state index contributed by atoms with van der Waals surface area (Å²) in [6, 6.07) is 29.0. The van der Waals surface area contributed by atoms with Crippen molar-refractivity contribution in [1.29, 1.82) is 0 Å². The highest BCUT2D eigenvalue weighted by molar-refractivity contribution is 5.94. The van der Waals surface area contributed by atoms with E-state index in [0.717, 1.165) is 6.42 Å². The molecule has 0 atom stereocenters. The second kappa shape index (κ2) is 5.07. The molecule has 0 fully saturated rings. The second-order valence-corrected chi connectivity index (χ2v) is 6.74. The Morgan fingerprint density at radius 2 is 1.42 bits per heavy atom. The lowest BCUT2D eigenvalue weighted by Crippen LogP contribution is -1.86. The van der Waals surface area contributed by atoms with Crippen LogP contribution in [0.2, 0.25) is 0 Å². The Hall–Kier alpha value is -2.86. The molecule has 0 heterocycles. The zero-order chi connectivity index (χ0) is 16.1. The average molecular weight is 306 g/mol. The zero-order valence-corrected chi connectivity index (χ0v) is 13.7. The summed E-state index contributed by atoms with van der Waals surface area (Å²) in [5, 5.41) is 2.62. The highest BCUT2D eigenvalue weighted by Gasteiger charge is 2.21. The van der Waals surface area contributed by atoms with Crippen LogP contribution in [0.5, 0.6) is 0 Å². The van der Waals surface area contributed by atoms with E-state index in [1.165, 1.54) is 49.7 Å². The van der Waals surface area contributed by atoms with E-state index < -0.39 is 0 Å². The van der Waals surface area contributed by atoms with E-state index in [0.29, 0.717) is 0 Å². The fourth-order valence-electron chi connectivity index (χ4n) is 3.96. The molecular formula is C24H18. The van der Waals surface area contributed by atoms with Gasteiger partial charge in [-0.2, -0.15) is 0 Å². The standard InChI is InChI=1S/C24H18/c1-16-9-10-17-11-12-19(15-21(17)13-16)23-8-4-6-20-14-18-5-2-3-7-22(18)24(20)23/h2-13,15H,14H2,1H3. The minimum Gasteiger partial charge on any atom is -0.0619 e. The van der Waals surface area contributed by atoms with Crippen LogP contribution in [0, 0.1) is 6.92 Å². The molecule has 0 heteroatoms. The molecule has 0 saturated carbocycles. The van der Waals surface area contributed by atoms with Gasteiger partial charge in [0, 0.05) is 0 Å². The van der Waals surface area contributed by atoms with Crippen molar-refractivity contribution < 1.29 is 0 Å². The summed E-state index contributed by atoms with van der Waals surface area (Å²) in [6.07, 6.45) is 1.05. The smallest absolute Gasteiger partial charge is 0.00132 e. The molecule has 114 valence electrons. The van der Waals surface area contributed by atoms with Gasteiger partial charge in [0.15, 0.2) is 0 Å². The van der Waals surface area contributed by atoms with Gasteiger partial charge in [-0.3, -0.25) is 0 Å². The first-order chi connectivity index (χ1) is 11.8. The Kier molecular flexibility index (Phi) is 2.87. The Labute approximate surface area is 142 Å². The van der Waals surface area contributed by atoms with E-state index in [4.69, 9.17) is 0 Å². The minimum absolute atomic E-state index is 1.05. The highest BCUT2D eigenvalue weighted by atomic mass is 14.2. The lowest BCUT2D eigenvalue weighted by Gasteiger charge is -2.11. The molecule has 0 radical (unpaired) electrons. The summed E-state index contributed by atoms with van der Waals surface area (Å²) in [6.45, 7) is 2.16. The Morgan fingerprint density at radius 3 is 2.38 bits per heavy atom. The summed E-state index contributed by atoms with van der Waals surface area (Å²) in [7, 11) is 0. The van der Waals surface area contributed by atoms with E-state index in [9.17, 15) is 0 Å². The topological polar surface area (TPSA) is 0 Å². The molecule has 1 aliphatic rings. The van der Waals surface area contributed by atoms with Crippen LogP contribution >= 0.6 is 0 Å². The zero-order valence-electron chi connectivity index (χ0n) is 13.7. The summed E-state index contributed by atoms with van der Waals surface area (Å²) in [5.41, 5.74) is 9.66. The molecule has 1 aliphatic carbocycles. The molecule has 0 saturated heterocycles. The van der Waals surface area contributed by atoms with Crippen LogP contribution in [0.1, 0.15) is 16.7 Å². The van der Waals surface area contributed by atoms with Crippen LogP contribution in [0.4, 0.5) is 0 Å². The van der Waals surface area contributed by atoms with E-state index >= 15 is 0 Å². The van der Waals surface area contributed by atoms with Gasteiger partial charge in [0.25, 0.3) is 0 Å². The minimum atomic E-state index is 1.05. The molecule has 0 amide bonds. The molecule has 0 spiro atoms. The van der Waals surface area contributed by atoms with E-state index in [-0.39, 0.29) is 0 Å². The lowest BCUT2D eigenvalue weighted by atomic mass is 9.93. The van der Waals surface area contributed by atoms with Gasteiger partial charge in [-0.1, -0.05) is 78.4 Å². The quantitative estimate of drug-likeness (QED) is 0.337. The number of aryl methyl sites for hydroxylation is 1. The number of benzene rings is 4. The molecule has 0 unspecified atom stereocenters. The number of hydrogen-bond donors (Lipinski definition) is 0. The van der Waals surface area contributed by atoms with Gasteiger partial charge in [-0.05, 0) is 63.6 Å². The maximum atomic E-state index is 2.33. The number of fused-ring (bicyclic) bond motifs is 4. The summed E-state index contributed by atoms with van der Waals surface area (Å²) in [4.78, 5) is 0. The summed E-state index contributed by atoms with van der Waals surface area (Å²) in [5.74, 6) is 0. The van der Waals surface area contributed by atoms with Crippen molar-refractivity contribution >= 4 is 10.8 Å². The highest BCUT2D eigenvalue weighted by Crippen LogP contribution is 2.43. The lowest BCUT2D eigenvalue weighted by molar-refractivity contribution is 1.26. The van der Waals surface area contributed by atoms with Crippen molar-refractivity contribution in [3.63, 3.8) is 0 Å². The Morgan fingerprint density at radius 1 is 0.625 bits per heavy atom. The van der Waals surface area contributed by atoms with Gasteiger partial charge < -0.3 is 0 Å². The average Bonchev–Trinajstić information content (AvgIpc) is 2.99. The maximum Gasteiger partial charge on any atom is -0.00132 e. The van der Waals surface area contributed by atoms with Gasteiger partial charge >= 0.3 is 0 Å². The largest absolute Gasteiger partial charge is 0.0619 e. The molecular weight excluding hydrogens is 288 g/mol. The second-order valence-electron chi connectivity index (χ2n) is 6.74. The van der Waals surface area contributed by atoms with Crippen molar-refractivity contribution in [2.45, 2.75) is 13.3 Å². The summed E-state index contributed by atoms with van der Waals surface area (Å²) >= 11 is 0. The predicted octanol–water partition coefficient (Wildman–Crippen LogP) is 6.39. The van der Waals surface area contributed by atoms with Gasteiger partial charge in [-0.25, -0.2) is 0 Å². The van der Waals surface area contributed by atoms with Crippen LogP contribution in [0.3, 0.4) is 0 Å². The van der Waals surface area contributed by atoms with Crippen molar-refractivity contribution in [3.8, 4) is 22.3 Å². The predicted molar refractivity (Wildman–Crippen MR) is 102 cm³/mol. The van der Waals surface area contributed by atoms with Crippen molar-refractivity contribution in [1.82, 2.24) is 0 Å². The molecule has 0 bridgehead atoms. The van der Waals surface area contributed by atoms with E-state index in [2.05, 4.69) is 85.8 Å². The van der Waals surface area contributed by atoms with Crippen LogP contribution in [0.15, 0.2) is 78.9 Å². The normalized spacial score (nSPS) is 12.2. The number of hydrogen-bond acceptors (Lipinski definition) is 0. The van der Waals surface area contributed by atoms with Crippen LogP contribution in [-0.2, 0) is 6.42 Å². The monoisotopic (exact) mass is 306 g/mol. The van der Waals surface area contributed by atoms with Crippen LogP contribution < -0.4 is 0 Å². The van der Waals surface area contributed by atoms with Gasteiger partial charge in [0.05, 0.1) is 0 Å². The maximum absolute atomic E-state index is 2.33. The van der Waals surface area contributed by atoms with E-state index in [1.54, 1.807) is 0 Å². The van der Waals surface area contributed by atoms with Crippen molar-refractivity contribution in [3.05, 3.63) is 95.6 Å². The third kappa shape index (κ3) is 2.00. The fourth-order valence-corrected chi connectivity index (χ4v) is 3.96. The summed E-state index contributed by atoms with van der Waals surface area (Å²) < 4.78 is 0. The molecule has 4 aromatic carbocycles. The third-order valence-corrected chi connectivity index (χ3v) is 5.13. The van der Waals surface area contributed by atoms with Gasteiger partial charge in [0.2, 0.25) is 0 Å². The molecule has 5 rings (SSSR count). The third-order valence-electron chi connectivity index (χ3n) is 5.13. The van der Waals surface area contributed by atoms with Crippen LogP contribution in [0.25, 0.3) is 33.0 Å².